The lowest BCUT2D eigenvalue weighted by Gasteiger charge is -2.32. The van der Waals surface area contributed by atoms with Gasteiger partial charge in [-0.05, 0) is 42.3 Å². The van der Waals surface area contributed by atoms with Gasteiger partial charge in [0.25, 0.3) is 10.1 Å². The van der Waals surface area contributed by atoms with Crippen LogP contribution >= 0.6 is 0 Å². The van der Waals surface area contributed by atoms with Crippen molar-refractivity contribution in [2.75, 3.05) is 33.4 Å². The van der Waals surface area contributed by atoms with Crippen molar-refractivity contribution in [1.82, 2.24) is 4.90 Å². The fraction of sp³-hybridized carbons (Fsp3) is 0.321. The van der Waals surface area contributed by atoms with E-state index >= 15 is 0 Å². The van der Waals surface area contributed by atoms with Gasteiger partial charge in [0, 0.05) is 31.0 Å². The van der Waals surface area contributed by atoms with Gasteiger partial charge in [-0.2, -0.15) is 8.42 Å². The lowest BCUT2D eigenvalue weighted by Crippen LogP contribution is -2.39. The van der Waals surface area contributed by atoms with Gasteiger partial charge in [0.2, 0.25) is 0 Å². The molecule has 0 spiro atoms. The van der Waals surface area contributed by atoms with E-state index < -0.39 is 21.5 Å². The Hall–Kier alpha value is -3.04. The van der Waals surface area contributed by atoms with Crippen molar-refractivity contribution < 1.29 is 27.2 Å². The molecule has 2 atom stereocenters. The van der Waals surface area contributed by atoms with Crippen LogP contribution in [0.5, 0.6) is 0 Å². The van der Waals surface area contributed by atoms with Gasteiger partial charge < -0.3 is 9.84 Å². The normalized spacial score (nSPS) is 20.4. The van der Waals surface area contributed by atoms with Crippen LogP contribution in [-0.4, -0.2) is 57.8 Å². The van der Waals surface area contributed by atoms with Gasteiger partial charge in [-0.3, -0.25) is 9.08 Å². The average Bonchev–Trinajstić information content (AvgIpc) is 3.26. The molecule has 1 aliphatic heterocycles. The van der Waals surface area contributed by atoms with Crippen molar-refractivity contribution in [3.63, 3.8) is 0 Å². The van der Waals surface area contributed by atoms with Gasteiger partial charge in [0.05, 0.1) is 30.8 Å². The van der Waals surface area contributed by atoms with Crippen molar-refractivity contribution in [2.45, 2.75) is 24.3 Å². The van der Waals surface area contributed by atoms with Crippen molar-refractivity contribution in [3.8, 4) is 0 Å². The zero-order chi connectivity index (χ0) is 25.8. The first-order chi connectivity index (χ1) is 17.3. The third kappa shape index (κ3) is 5.68. The molecule has 1 fully saturated rings. The van der Waals surface area contributed by atoms with Gasteiger partial charge in [-0.25, -0.2) is 4.79 Å². The Kier molecular flexibility index (Phi) is 7.90. The van der Waals surface area contributed by atoms with Crippen LogP contribution in [0, 0.1) is 12.3 Å². The number of aliphatic hydroxyl groups is 1. The lowest BCUT2D eigenvalue weighted by atomic mass is 9.75. The number of ether oxygens (including phenoxy) is 1. The van der Waals surface area contributed by atoms with E-state index in [4.69, 9.17) is 8.92 Å². The molecule has 0 radical (unpaired) electrons. The molecule has 1 saturated heterocycles. The van der Waals surface area contributed by atoms with Crippen LogP contribution in [0.3, 0.4) is 0 Å². The number of nitrogens with zero attached hydrogens (tertiary/aromatic N) is 1. The zero-order valence-electron chi connectivity index (χ0n) is 20.5. The predicted molar refractivity (Wildman–Crippen MR) is 136 cm³/mol. The molecular weight excluding hydrogens is 478 g/mol. The molecule has 8 heteroatoms. The summed E-state index contributed by atoms with van der Waals surface area (Å²) in [6.45, 7) is 3.03. The first kappa shape index (κ1) is 26.0. The molecule has 1 N–H and O–H groups in total. The zero-order valence-corrected chi connectivity index (χ0v) is 21.3. The Morgan fingerprint density at radius 1 is 1.06 bits per heavy atom. The Bertz CT molecular complexity index is 1290. The SMILES string of the molecule is COC(=O)c1cccc(C2CN(Cc3ccccc3)CC2(CO)COS(=O)(=O)c2ccc(C)cc2)c1. The Morgan fingerprint density at radius 3 is 2.44 bits per heavy atom. The number of carbonyl (C=O) groups excluding carboxylic acids is 1. The number of carbonyl (C=O) groups is 1. The van der Waals surface area contributed by atoms with Crippen LogP contribution < -0.4 is 0 Å². The van der Waals surface area contributed by atoms with Gasteiger partial charge in [-0.1, -0.05) is 60.2 Å². The number of benzene rings is 3. The molecule has 190 valence electrons. The van der Waals surface area contributed by atoms with Crippen molar-refractivity contribution in [3.05, 3.63) is 101 Å². The number of hydrogen-bond acceptors (Lipinski definition) is 7. The smallest absolute Gasteiger partial charge is 0.337 e. The van der Waals surface area contributed by atoms with E-state index in [2.05, 4.69) is 4.90 Å². The highest BCUT2D eigenvalue weighted by atomic mass is 32.2. The quantitative estimate of drug-likeness (QED) is 0.347. The second kappa shape index (κ2) is 10.9. The van der Waals surface area contributed by atoms with Crippen LogP contribution in [0.25, 0.3) is 0 Å². The second-order valence-electron chi connectivity index (χ2n) is 9.37. The minimum atomic E-state index is -4.02. The molecular formula is C28H31NO6S. The molecule has 0 amide bonds. The Balaban J connectivity index is 1.65. The first-order valence-electron chi connectivity index (χ1n) is 11.8. The van der Waals surface area contributed by atoms with E-state index in [1.165, 1.54) is 19.2 Å². The molecule has 3 aromatic carbocycles. The third-order valence-corrected chi connectivity index (χ3v) is 8.08. The topological polar surface area (TPSA) is 93.1 Å². The van der Waals surface area contributed by atoms with E-state index in [1.807, 2.05) is 43.3 Å². The van der Waals surface area contributed by atoms with E-state index in [0.717, 1.165) is 16.7 Å². The summed E-state index contributed by atoms with van der Waals surface area (Å²) in [5.74, 6) is -0.729. The fourth-order valence-corrected chi connectivity index (χ4v) is 5.81. The molecule has 1 aliphatic rings. The van der Waals surface area contributed by atoms with Gasteiger partial charge in [0.15, 0.2) is 0 Å². The number of aryl methyl sites for hydroxylation is 1. The summed E-state index contributed by atoms with van der Waals surface area (Å²) in [6, 6.07) is 23.5. The number of hydrogen-bond donors (Lipinski definition) is 1. The molecule has 1 heterocycles. The Morgan fingerprint density at radius 2 is 1.78 bits per heavy atom. The maximum atomic E-state index is 13.0. The highest BCUT2D eigenvalue weighted by molar-refractivity contribution is 7.86. The molecule has 0 aromatic heterocycles. The van der Waals surface area contributed by atoms with Crippen LogP contribution in [0.2, 0.25) is 0 Å². The molecule has 0 saturated carbocycles. The molecule has 0 aliphatic carbocycles. The van der Waals surface area contributed by atoms with E-state index in [-0.39, 0.29) is 24.0 Å². The van der Waals surface area contributed by atoms with Crippen molar-refractivity contribution in [2.24, 2.45) is 5.41 Å². The van der Waals surface area contributed by atoms with Gasteiger partial charge in [0.1, 0.15) is 0 Å². The maximum Gasteiger partial charge on any atom is 0.337 e. The maximum absolute atomic E-state index is 13.0. The van der Waals surface area contributed by atoms with Crippen LogP contribution in [0.1, 0.15) is 33.0 Å². The van der Waals surface area contributed by atoms with E-state index in [1.54, 1.807) is 30.3 Å². The highest BCUT2D eigenvalue weighted by Gasteiger charge is 2.48. The fourth-order valence-electron chi connectivity index (χ4n) is 4.81. The number of esters is 1. The largest absolute Gasteiger partial charge is 0.465 e. The number of likely N-dealkylation sites (tertiary alicyclic amines) is 1. The standard InChI is InChI=1S/C28H31NO6S/c1-21-11-13-25(14-12-21)36(32,33)35-20-28(19-30)18-29(16-22-7-4-3-5-8-22)17-26(28)23-9-6-10-24(15-23)27(31)34-2/h3-15,26,30H,16-20H2,1-2H3. The van der Waals surface area contributed by atoms with E-state index in [9.17, 15) is 18.3 Å². The molecule has 4 rings (SSSR count). The molecule has 0 bridgehead atoms. The highest BCUT2D eigenvalue weighted by Crippen LogP contribution is 2.44. The number of methoxy groups -OCH3 is 1. The average molecular weight is 510 g/mol. The summed E-state index contributed by atoms with van der Waals surface area (Å²) in [5, 5.41) is 10.7. The van der Waals surface area contributed by atoms with Gasteiger partial charge >= 0.3 is 5.97 Å². The summed E-state index contributed by atoms with van der Waals surface area (Å²) >= 11 is 0. The van der Waals surface area contributed by atoms with Crippen LogP contribution in [0.4, 0.5) is 0 Å². The minimum absolute atomic E-state index is 0.0737. The summed E-state index contributed by atoms with van der Waals surface area (Å²) < 4.78 is 36.4. The summed E-state index contributed by atoms with van der Waals surface area (Å²) in [7, 11) is -2.70. The van der Waals surface area contributed by atoms with Crippen LogP contribution in [0.15, 0.2) is 83.8 Å². The number of rotatable bonds is 9. The van der Waals surface area contributed by atoms with Crippen molar-refractivity contribution >= 4 is 16.1 Å². The van der Waals surface area contributed by atoms with E-state index in [0.29, 0.717) is 25.2 Å². The van der Waals surface area contributed by atoms with Crippen LogP contribution in [-0.2, 0) is 25.6 Å². The molecule has 3 aromatic rings. The van der Waals surface area contributed by atoms with Crippen molar-refractivity contribution in [1.29, 1.82) is 0 Å². The predicted octanol–water partition coefficient (Wildman–Crippen LogP) is 3.77. The van der Waals surface area contributed by atoms with Gasteiger partial charge in [-0.15, -0.1) is 0 Å². The minimum Gasteiger partial charge on any atom is -0.465 e. The second-order valence-corrected chi connectivity index (χ2v) is 11.0. The monoisotopic (exact) mass is 509 g/mol. The third-order valence-electron chi connectivity index (χ3n) is 6.80. The molecule has 36 heavy (non-hydrogen) atoms. The summed E-state index contributed by atoms with van der Waals surface area (Å²) in [4.78, 5) is 14.4. The lowest BCUT2D eigenvalue weighted by molar-refractivity contribution is 0.0598. The summed E-state index contributed by atoms with van der Waals surface area (Å²) in [6.07, 6.45) is 0. The Labute approximate surface area is 212 Å². The molecule has 7 nitrogen and oxygen atoms in total. The molecule has 2 unspecified atom stereocenters. The first-order valence-corrected chi connectivity index (χ1v) is 13.2. The number of aliphatic hydroxyl groups excluding tert-OH is 1. The summed E-state index contributed by atoms with van der Waals surface area (Å²) in [5.41, 5.74) is 2.37.